The fourth-order valence-electron chi connectivity index (χ4n) is 2.75. The molecule has 1 aliphatic rings. The van der Waals surface area contributed by atoms with Gasteiger partial charge in [0.15, 0.2) is 6.61 Å². The van der Waals surface area contributed by atoms with Crippen molar-refractivity contribution in [2.45, 2.75) is 19.3 Å². The number of carbonyl (C=O) groups excluding carboxylic acids is 2. The van der Waals surface area contributed by atoms with E-state index in [9.17, 15) is 9.59 Å². The Kier molecular flexibility index (Phi) is 4.71. The van der Waals surface area contributed by atoms with Crippen molar-refractivity contribution >= 4 is 28.3 Å². The second-order valence-corrected chi connectivity index (χ2v) is 5.74. The molecule has 0 bridgehead atoms. The Morgan fingerprint density at radius 3 is 2.74 bits per heavy atom. The average Bonchev–Trinajstić information content (AvgIpc) is 3.06. The van der Waals surface area contributed by atoms with Gasteiger partial charge in [-0.05, 0) is 41.7 Å². The molecule has 0 heterocycles. The van der Waals surface area contributed by atoms with Gasteiger partial charge in [0.05, 0.1) is 6.42 Å². The van der Waals surface area contributed by atoms with E-state index in [0.29, 0.717) is 12.1 Å². The molecule has 2 aromatic carbocycles. The monoisotopic (exact) mass is 309 g/mol. The highest BCUT2D eigenvalue weighted by molar-refractivity contribution is 5.95. The Balaban J connectivity index is 1.49. The first kappa shape index (κ1) is 15.3. The van der Waals surface area contributed by atoms with Crippen LogP contribution in [0.1, 0.15) is 19.3 Å². The maximum atomic E-state index is 11.9. The van der Waals surface area contributed by atoms with E-state index < -0.39 is 0 Å². The highest BCUT2D eigenvalue weighted by atomic mass is 16.5. The molecule has 118 valence electrons. The molecule has 1 N–H and O–H groups in total. The summed E-state index contributed by atoms with van der Waals surface area (Å²) in [6.07, 6.45) is 6.46. The van der Waals surface area contributed by atoms with Gasteiger partial charge in [-0.1, -0.05) is 42.5 Å². The Morgan fingerprint density at radius 2 is 1.96 bits per heavy atom. The molecule has 2 aromatic rings. The molecule has 0 saturated carbocycles. The van der Waals surface area contributed by atoms with Crippen LogP contribution in [0.5, 0.6) is 0 Å². The van der Waals surface area contributed by atoms with Gasteiger partial charge >= 0.3 is 5.97 Å². The van der Waals surface area contributed by atoms with E-state index in [1.807, 2.05) is 48.5 Å². The largest absolute Gasteiger partial charge is 0.456 e. The molecule has 4 heteroatoms. The van der Waals surface area contributed by atoms with Crippen molar-refractivity contribution in [2.24, 2.45) is 5.92 Å². The lowest BCUT2D eigenvalue weighted by Gasteiger charge is -2.09. The summed E-state index contributed by atoms with van der Waals surface area (Å²) in [5.41, 5.74) is 0.698. The highest BCUT2D eigenvalue weighted by Crippen LogP contribution is 2.21. The first-order chi connectivity index (χ1) is 11.2. The fourth-order valence-corrected chi connectivity index (χ4v) is 2.75. The summed E-state index contributed by atoms with van der Waals surface area (Å²) in [6, 6.07) is 13.6. The molecule has 0 aliphatic heterocycles. The lowest BCUT2D eigenvalue weighted by Crippen LogP contribution is -2.21. The summed E-state index contributed by atoms with van der Waals surface area (Å²) >= 11 is 0. The number of ether oxygens (including phenoxy) is 1. The van der Waals surface area contributed by atoms with Gasteiger partial charge in [-0.2, -0.15) is 0 Å². The Bertz CT molecular complexity index is 751. The predicted molar refractivity (Wildman–Crippen MR) is 90.0 cm³/mol. The van der Waals surface area contributed by atoms with Crippen LogP contribution in [0, 0.1) is 5.92 Å². The Labute approximate surface area is 135 Å². The summed E-state index contributed by atoms with van der Waals surface area (Å²) in [5, 5.41) is 4.92. The van der Waals surface area contributed by atoms with Crippen molar-refractivity contribution in [1.82, 2.24) is 0 Å². The van der Waals surface area contributed by atoms with Gasteiger partial charge in [-0.3, -0.25) is 9.59 Å². The number of esters is 1. The van der Waals surface area contributed by atoms with Crippen LogP contribution in [0.3, 0.4) is 0 Å². The molecular formula is C19H19NO3. The molecule has 4 nitrogen and oxygen atoms in total. The zero-order valence-electron chi connectivity index (χ0n) is 12.8. The van der Waals surface area contributed by atoms with Gasteiger partial charge in [0.1, 0.15) is 0 Å². The molecule has 0 fully saturated rings. The van der Waals surface area contributed by atoms with E-state index in [2.05, 4.69) is 11.4 Å². The van der Waals surface area contributed by atoms with E-state index in [1.165, 1.54) is 0 Å². The topological polar surface area (TPSA) is 55.4 Å². The van der Waals surface area contributed by atoms with Gasteiger partial charge in [-0.25, -0.2) is 0 Å². The van der Waals surface area contributed by atoms with Crippen LogP contribution in [0.25, 0.3) is 10.8 Å². The molecule has 0 radical (unpaired) electrons. The highest BCUT2D eigenvalue weighted by Gasteiger charge is 2.16. The summed E-state index contributed by atoms with van der Waals surface area (Å²) in [6.45, 7) is -0.248. The second kappa shape index (κ2) is 7.09. The number of anilines is 1. The fraction of sp³-hybridized carbons (Fsp3) is 0.263. The minimum atomic E-state index is -0.324. The minimum absolute atomic E-state index is 0.248. The van der Waals surface area contributed by atoms with Crippen LogP contribution >= 0.6 is 0 Å². The summed E-state index contributed by atoms with van der Waals surface area (Å²) in [7, 11) is 0. The standard InChI is InChI=1S/C19H19NO3/c21-18(13-23-19(22)11-14-5-1-2-6-14)20-17-10-9-15-7-3-4-8-16(15)12-17/h1,3-5,7-10,12,14H,2,6,11,13H2,(H,20,21)/t14-/m0/s1. The van der Waals surface area contributed by atoms with Gasteiger partial charge in [0.25, 0.3) is 5.91 Å². The summed E-state index contributed by atoms with van der Waals surface area (Å²) < 4.78 is 5.04. The third-order valence-corrected chi connectivity index (χ3v) is 3.94. The molecular weight excluding hydrogens is 290 g/mol. The van der Waals surface area contributed by atoms with E-state index in [4.69, 9.17) is 4.74 Å². The number of benzene rings is 2. The van der Waals surface area contributed by atoms with Gasteiger partial charge in [-0.15, -0.1) is 0 Å². The van der Waals surface area contributed by atoms with Gasteiger partial charge < -0.3 is 10.1 Å². The zero-order chi connectivity index (χ0) is 16.1. The van der Waals surface area contributed by atoms with Crippen LogP contribution in [0.15, 0.2) is 54.6 Å². The van der Waals surface area contributed by atoms with E-state index in [1.54, 1.807) is 0 Å². The van der Waals surface area contributed by atoms with Crippen molar-refractivity contribution in [1.29, 1.82) is 0 Å². The number of hydrogen-bond donors (Lipinski definition) is 1. The maximum Gasteiger partial charge on any atom is 0.306 e. The third-order valence-electron chi connectivity index (χ3n) is 3.94. The van der Waals surface area contributed by atoms with Crippen LogP contribution in [-0.2, 0) is 14.3 Å². The van der Waals surface area contributed by atoms with Crippen molar-refractivity contribution in [2.75, 3.05) is 11.9 Å². The van der Waals surface area contributed by atoms with Crippen LogP contribution in [-0.4, -0.2) is 18.5 Å². The second-order valence-electron chi connectivity index (χ2n) is 5.74. The van der Waals surface area contributed by atoms with Crippen LogP contribution < -0.4 is 5.32 Å². The predicted octanol–water partition coefficient (Wildman–Crippen LogP) is 3.68. The normalized spacial score (nSPS) is 16.4. The van der Waals surface area contributed by atoms with Crippen molar-refractivity contribution in [3.8, 4) is 0 Å². The van der Waals surface area contributed by atoms with Gasteiger partial charge in [0, 0.05) is 5.69 Å². The molecule has 0 spiro atoms. The lowest BCUT2D eigenvalue weighted by atomic mass is 10.1. The number of amides is 1. The summed E-state index contributed by atoms with van der Waals surface area (Å²) in [5.74, 6) is -0.392. The zero-order valence-corrected chi connectivity index (χ0v) is 12.8. The Morgan fingerprint density at radius 1 is 1.13 bits per heavy atom. The molecule has 1 aliphatic carbocycles. The van der Waals surface area contributed by atoms with Crippen molar-refractivity contribution in [3.05, 3.63) is 54.6 Å². The maximum absolute atomic E-state index is 11.9. The lowest BCUT2D eigenvalue weighted by molar-refractivity contribution is -0.147. The quantitative estimate of drug-likeness (QED) is 0.677. The van der Waals surface area contributed by atoms with Crippen molar-refractivity contribution < 1.29 is 14.3 Å². The Hall–Kier alpha value is -2.62. The summed E-state index contributed by atoms with van der Waals surface area (Å²) in [4.78, 5) is 23.6. The van der Waals surface area contributed by atoms with Gasteiger partial charge in [0.2, 0.25) is 0 Å². The number of hydrogen-bond acceptors (Lipinski definition) is 3. The minimum Gasteiger partial charge on any atom is -0.456 e. The van der Waals surface area contributed by atoms with Crippen LogP contribution in [0.4, 0.5) is 5.69 Å². The molecule has 0 unspecified atom stereocenters. The first-order valence-corrected chi connectivity index (χ1v) is 7.81. The smallest absolute Gasteiger partial charge is 0.306 e. The molecule has 1 atom stereocenters. The number of fused-ring (bicyclic) bond motifs is 1. The molecule has 0 saturated heterocycles. The van der Waals surface area contributed by atoms with E-state index in [-0.39, 0.29) is 24.4 Å². The van der Waals surface area contributed by atoms with E-state index in [0.717, 1.165) is 23.6 Å². The SMILES string of the molecule is O=C(COC(=O)C[C@H]1C=CCC1)Nc1ccc2ccccc2c1. The average molecular weight is 309 g/mol. The number of allylic oxidation sites excluding steroid dienone is 2. The number of carbonyl (C=O) groups is 2. The first-order valence-electron chi connectivity index (χ1n) is 7.81. The third kappa shape index (κ3) is 4.19. The molecule has 0 aromatic heterocycles. The number of rotatable bonds is 5. The van der Waals surface area contributed by atoms with Crippen molar-refractivity contribution in [3.63, 3.8) is 0 Å². The molecule has 3 rings (SSSR count). The van der Waals surface area contributed by atoms with Crippen LogP contribution in [0.2, 0.25) is 0 Å². The van der Waals surface area contributed by atoms with E-state index >= 15 is 0 Å². The number of nitrogens with one attached hydrogen (secondary N) is 1. The molecule has 23 heavy (non-hydrogen) atoms. The molecule has 1 amide bonds.